The molecule has 0 fully saturated rings. The van der Waals surface area contributed by atoms with Crippen LogP contribution in [0.5, 0.6) is 0 Å². The van der Waals surface area contributed by atoms with Gasteiger partial charge in [0.05, 0.1) is 21.0 Å². The minimum atomic E-state index is -4.76. The van der Waals surface area contributed by atoms with Gasteiger partial charge in [0, 0.05) is 0 Å². The molecular weight excluding hydrogens is 334 g/mol. The van der Waals surface area contributed by atoms with Crippen molar-refractivity contribution in [2.24, 2.45) is 0 Å². The second-order valence-corrected chi connectivity index (χ2v) is 3.66. The first-order chi connectivity index (χ1) is 6.75. The molecular formula is C7H4F5IN2. The molecule has 1 heterocycles. The van der Waals surface area contributed by atoms with Gasteiger partial charge in [0.2, 0.25) is 0 Å². The number of aromatic nitrogens is 1. The lowest BCUT2D eigenvalue weighted by Gasteiger charge is -2.13. The van der Waals surface area contributed by atoms with Crippen LogP contribution in [-0.2, 0) is 6.18 Å². The first kappa shape index (κ1) is 12.4. The molecule has 0 bridgehead atoms. The van der Waals surface area contributed by atoms with E-state index in [4.69, 9.17) is 5.73 Å². The highest BCUT2D eigenvalue weighted by atomic mass is 127. The number of alkyl halides is 5. The molecule has 84 valence electrons. The maximum atomic E-state index is 12.4. The largest absolute Gasteiger partial charge is 0.419 e. The van der Waals surface area contributed by atoms with Gasteiger partial charge in [-0.1, -0.05) is 0 Å². The zero-order valence-electron chi connectivity index (χ0n) is 6.95. The van der Waals surface area contributed by atoms with Crippen molar-refractivity contribution in [1.29, 1.82) is 0 Å². The van der Waals surface area contributed by atoms with Crippen molar-refractivity contribution in [3.8, 4) is 0 Å². The number of rotatable bonds is 1. The van der Waals surface area contributed by atoms with Gasteiger partial charge in [-0.05, 0) is 22.6 Å². The van der Waals surface area contributed by atoms with Gasteiger partial charge in [-0.25, -0.2) is 8.78 Å². The fraction of sp³-hybridized carbons (Fsp3) is 0.286. The van der Waals surface area contributed by atoms with Crippen LogP contribution in [0.1, 0.15) is 17.7 Å². The zero-order valence-corrected chi connectivity index (χ0v) is 9.10. The maximum Gasteiger partial charge on any atom is 0.419 e. The van der Waals surface area contributed by atoms with E-state index in [1.54, 1.807) is 0 Å². The molecule has 0 spiro atoms. The normalized spacial score (nSPS) is 12.2. The molecule has 0 amide bonds. The van der Waals surface area contributed by atoms with Crippen LogP contribution in [0.4, 0.5) is 27.6 Å². The van der Waals surface area contributed by atoms with Crippen LogP contribution >= 0.6 is 22.6 Å². The van der Waals surface area contributed by atoms with E-state index in [0.29, 0.717) is 6.20 Å². The number of nitrogens with zero attached hydrogens (tertiary/aromatic N) is 1. The third-order valence-corrected chi connectivity index (χ3v) is 2.66. The molecule has 1 aromatic heterocycles. The minimum absolute atomic E-state index is 0.590. The lowest BCUT2D eigenvalue weighted by atomic mass is 10.2. The third-order valence-electron chi connectivity index (χ3n) is 1.57. The van der Waals surface area contributed by atoms with Crippen LogP contribution in [-0.4, -0.2) is 4.98 Å². The fourth-order valence-electron chi connectivity index (χ4n) is 0.955. The predicted octanol–water partition coefficient (Wildman–Crippen LogP) is 3.22. The summed E-state index contributed by atoms with van der Waals surface area (Å²) in [5.41, 5.74) is 2.23. The standard InChI is InChI=1S/C7H4F5IN2/c8-6(9)5-4(13)3(7(10,11)12)2(14)1-15-5/h1,6H,14H2. The Labute approximate surface area is 94.8 Å². The molecule has 1 rings (SSSR count). The van der Waals surface area contributed by atoms with Gasteiger partial charge in [0.1, 0.15) is 5.69 Å². The number of anilines is 1. The number of hydrogen-bond acceptors (Lipinski definition) is 2. The summed E-state index contributed by atoms with van der Waals surface area (Å²) in [4.78, 5) is 3.17. The third kappa shape index (κ3) is 2.47. The molecule has 0 unspecified atom stereocenters. The Morgan fingerprint density at radius 1 is 1.33 bits per heavy atom. The van der Waals surface area contributed by atoms with E-state index >= 15 is 0 Å². The first-order valence-electron chi connectivity index (χ1n) is 3.54. The van der Waals surface area contributed by atoms with E-state index < -0.39 is 33.1 Å². The molecule has 0 aromatic carbocycles. The lowest BCUT2D eigenvalue weighted by Crippen LogP contribution is -2.14. The van der Waals surface area contributed by atoms with Crippen molar-refractivity contribution in [1.82, 2.24) is 4.98 Å². The average molecular weight is 338 g/mol. The van der Waals surface area contributed by atoms with Crippen molar-refractivity contribution in [2.75, 3.05) is 5.73 Å². The van der Waals surface area contributed by atoms with E-state index in [0.717, 1.165) is 22.6 Å². The summed E-state index contributed by atoms with van der Waals surface area (Å²) in [6.45, 7) is 0. The molecule has 1 aromatic rings. The van der Waals surface area contributed by atoms with Gasteiger partial charge >= 0.3 is 6.18 Å². The molecule has 8 heteroatoms. The Kier molecular flexibility index (Phi) is 3.36. The maximum absolute atomic E-state index is 12.4. The molecule has 0 aliphatic carbocycles. The molecule has 15 heavy (non-hydrogen) atoms. The van der Waals surface area contributed by atoms with Crippen molar-refractivity contribution < 1.29 is 22.0 Å². The van der Waals surface area contributed by atoms with E-state index in [2.05, 4.69) is 4.98 Å². The topological polar surface area (TPSA) is 38.9 Å². The van der Waals surface area contributed by atoms with Crippen molar-refractivity contribution >= 4 is 28.3 Å². The summed E-state index contributed by atoms with van der Waals surface area (Å²) < 4.78 is 61.0. The first-order valence-corrected chi connectivity index (χ1v) is 4.62. The SMILES string of the molecule is Nc1cnc(C(F)F)c(I)c1C(F)(F)F. The lowest BCUT2D eigenvalue weighted by molar-refractivity contribution is -0.137. The van der Waals surface area contributed by atoms with Gasteiger partial charge in [-0.15, -0.1) is 0 Å². The van der Waals surface area contributed by atoms with Crippen LogP contribution in [0.25, 0.3) is 0 Å². The summed E-state index contributed by atoms with van der Waals surface area (Å²) in [5.74, 6) is 0. The van der Waals surface area contributed by atoms with Crippen molar-refractivity contribution in [3.63, 3.8) is 0 Å². The van der Waals surface area contributed by atoms with E-state index in [1.165, 1.54) is 0 Å². The Morgan fingerprint density at radius 2 is 1.87 bits per heavy atom. The van der Waals surface area contributed by atoms with Crippen LogP contribution in [0.15, 0.2) is 6.20 Å². The van der Waals surface area contributed by atoms with Crippen LogP contribution in [0, 0.1) is 3.57 Å². The summed E-state index contributed by atoms with van der Waals surface area (Å²) in [6, 6.07) is 0. The Hall–Kier alpha value is -0.670. The van der Waals surface area contributed by atoms with Crippen LogP contribution in [0.2, 0.25) is 0 Å². The van der Waals surface area contributed by atoms with Crippen molar-refractivity contribution in [3.05, 3.63) is 21.0 Å². The Bertz CT molecular complexity index is 376. The minimum Gasteiger partial charge on any atom is -0.397 e. The highest BCUT2D eigenvalue weighted by Crippen LogP contribution is 2.39. The molecule has 0 atom stereocenters. The highest BCUT2D eigenvalue weighted by Gasteiger charge is 2.37. The van der Waals surface area contributed by atoms with Gasteiger partial charge in [-0.2, -0.15) is 13.2 Å². The average Bonchev–Trinajstić information content (AvgIpc) is 2.00. The second-order valence-electron chi connectivity index (χ2n) is 2.59. The van der Waals surface area contributed by atoms with Crippen LogP contribution in [0.3, 0.4) is 0 Å². The smallest absolute Gasteiger partial charge is 0.397 e. The van der Waals surface area contributed by atoms with Crippen LogP contribution < -0.4 is 5.73 Å². The number of pyridine rings is 1. The number of hydrogen-bond donors (Lipinski definition) is 1. The molecule has 0 saturated heterocycles. The summed E-state index contributed by atoms with van der Waals surface area (Å²) in [7, 11) is 0. The molecule has 0 saturated carbocycles. The number of halogens is 6. The second kappa shape index (κ2) is 4.06. The molecule has 2 nitrogen and oxygen atoms in total. The molecule has 2 N–H and O–H groups in total. The summed E-state index contributed by atoms with van der Waals surface area (Å²) in [6.07, 6.45) is -7.22. The van der Waals surface area contributed by atoms with Crippen molar-refractivity contribution in [2.45, 2.75) is 12.6 Å². The number of nitrogen functional groups attached to an aromatic ring is 1. The van der Waals surface area contributed by atoms with Gasteiger partial charge < -0.3 is 5.73 Å². The predicted molar refractivity (Wildman–Crippen MR) is 51.3 cm³/mol. The van der Waals surface area contributed by atoms with Gasteiger partial charge in [0.15, 0.2) is 0 Å². The summed E-state index contributed by atoms with van der Waals surface area (Å²) in [5, 5.41) is 0. The quantitative estimate of drug-likeness (QED) is 0.631. The fourth-order valence-corrected chi connectivity index (χ4v) is 1.95. The monoisotopic (exact) mass is 338 g/mol. The Balaban J connectivity index is 3.44. The molecule has 0 aliphatic rings. The number of nitrogens with two attached hydrogens (primary N) is 1. The molecule has 0 radical (unpaired) electrons. The zero-order chi connectivity index (χ0) is 11.8. The van der Waals surface area contributed by atoms with E-state index in [1.807, 2.05) is 0 Å². The van der Waals surface area contributed by atoms with E-state index in [9.17, 15) is 22.0 Å². The van der Waals surface area contributed by atoms with Gasteiger partial charge in [-0.3, -0.25) is 4.98 Å². The molecule has 0 aliphatic heterocycles. The van der Waals surface area contributed by atoms with E-state index in [-0.39, 0.29) is 0 Å². The summed E-state index contributed by atoms with van der Waals surface area (Å²) >= 11 is 1.16. The highest BCUT2D eigenvalue weighted by molar-refractivity contribution is 14.1. The Morgan fingerprint density at radius 3 is 2.27 bits per heavy atom. The van der Waals surface area contributed by atoms with Gasteiger partial charge in [0.25, 0.3) is 6.43 Å².